The first kappa shape index (κ1) is 13.3. The molecule has 0 aliphatic heterocycles. The van der Waals surface area contributed by atoms with Crippen LogP contribution in [0, 0.1) is 0 Å². The molecule has 0 N–H and O–H groups in total. The largest absolute Gasteiger partial charge is 0.464 e. The monoisotopic (exact) mass is 273 g/mol. The van der Waals surface area contributed by atoms with Crippen LogP contribution in [0.25, 0.3) is 0 Å². The van der Waals surface area contributed by atoms with Crippen molar-refractivity contribution in [1.82, 2.24) is 0 Å². The maximum atomic E-state index is 11.8. The van der Waals surface area contributed by atoms with Gasteiger partial charge in [-0.25, -0.2) is 9.79 Å². The summed E-state index contributed by atoms with van der Waals surface area (Å²) in [6.07, 6.45) is 0. The van der Waals surface area contributed by atoms with Crippen molar-refractivity contribution >= 4 is 29.0 Å². The molecule has 96 valence electrons. The van der Waals surface area contributed by atoms with Crippen molar-refractivity contribution in [3.8, 4) is 0 Å². The predicted molar refractivity (Wildman–Crippen MR) is 76.1 cm³/mol. The van der Waals surface area contributed by atoms with Gasteiger partial charge >= 0.3 is 5.97 Å². The summed E-state index contributed by atoms with van der Waals surface area (Å²) >= 11 is 5.81. The number of aliphatic imine (C=N–C) groups is 1. The Labute approximate surface area is 116 Å². The molecule has 0 radical (unpaired) electrons. The van der Waals surface area contributed by atoms with Crippen molar-refractivity contribution in [2.45, 2.75) is 0 Å². The molecule has 0 aromatic heterocycles. The highest BCUT2D eigenvalue weighted by molar-refractivity contribution is 6.43. The topological polar surface area (TPSA) is 38.7 Å². The van der Waals surface area contributed by atoms with Crippen LogP contribution in [0.3, 0.4) is 0 Å². The number of benzene rings is 2. The number of ether oxygens (including phenoxy) is 1. The van der Waals surface area contributed by atoms with Gasteiger partial charge in [0, 0.05) is 10.6 Å². The van der Waals surface area contributed by atoms with E-state index >= 15 is 0 Å². The van der Waals surface area contributed by atoms with Gasteiger partial charge in [0.1, 0.15) is 0 Å². The van der Waals surface area contributed by atoms with Gasteiger partial charge in [-0.2, -0.15) is 0 Å². The number of rotatable bonds is 3. The van der Waals surface area contributed by atoms with Gasteiger partial charge in [0.15, 0.2) is 5.71 Å². The second kappa shape index (κ2) is 6.16. The second-order valence-corrected chi connectivity index (χ2v) is 4.23. The van der Waals surface area contributed by atoms with E-state index in [1.165, 1.54) is 7.11 Å². The van der Waals surface area contributed by atoms with Gasteiger partial charge in [-0.1, -0.05) is 41.9 Å². The highest BCUT2D eigenvalue weighted by Crippen LogP contribution is 2.18. The Balaban J connectivity index is 2.44. The molecule has 0 unspecified atom stereocenters. The zero-order chi connectivity index (χ0) is 13.7. The summed E-state index contributed by atoms with van der Waals surface area (Å²) in [7, 11) is 1.34. The maximum Gasteiger partial charge on any atom is 0.357 e. The Bertz CT molecular complexity index is 591. The third-order valence-corrected chi connectivity index (χ3v) is 2.75. The van der Waals surface area contributed by atoms with Crippen molar-refractivity contribution in [2.75, 3.05) is 7.11 Å². The first-order chi connectivity index (χ1) is 9.20. The number of methoxy groups -OCH3 is 1. The van der Waals surface area contributed by atoms with Gasteiger partial charge in [0.25, 0.3) is 0 Å². The molecule has 2 rings (SSSR count). The lowest BCUT2D eigenvalue weighted by Crippen LogP contribution is -2.16. The number of halogens is 1. The average molecular weight is 274 g/mol. The Morgan fingerprint density at radius 3 is 2.26 bits per heavy atom. The number of hydrogen-bond donors (Lipinski definition) is 0. The zero-order valence-corrected chi connectivity index (χ0v) is 11.1. The highest BCUT2D eigenvalue weighted by atomic mass is 35.5. The van der Waals surface area contributed by atoms with Crippen LogP contribution >= 0.6 is 11.6 Å². The van der Waals surface area contributed by atoms with Crippen molar-refractivity contribution in [1.29, 1.82) is 0 Å². The molecule has 2 aromatic carbocycles. The molecule has 0 aliphatic carbocycles. The molecule has 0 heterocycles. The van der Waals surface area contributed by atoms with Gasteiger partial charge < -0.3 is 4.74 Å². The normalized spacial score (nSPS) is 11.2. The van der Waals surface area contributed by atoms with E-state index in [1.807, 2.05) is 30.3 Å². The van der Waals surface area contributed by atoms with Crippen LogP contribution in [0.4, 0.5) is 5.69 Å². The number of esters is 1. The highest BCUT2D eigenvalue weighted by Gasteiger charge is 2.14. The molecule has 2 aromatic rings. The first-order valence-corrected chi connectivity index (χ1v) is 6.06. The molecule has 0 amide bonds. The maximum absolute atomic E-state index is 11.8. The third kappa shape index (κ3) is 3.42. The van der Waals surface area contributed by atoms with E-state index in [-0.39, 0.29) is 5.71 Å². The fourth-order valence-electron chi connectivity index (χ4n) is 1.57. The van der Waals surface area contributed by atoms with Gasteiger partial charge in [0.05, 0.1) is 12.8 Å². The Hall–Kier alpha value is -2.13. The second-order valence-electron chi connectivity index (χ2n) is 3.79. The molecule has 0 bridgehead atoms. The Morgan fingerprint density at radius 2 is 1.68 bits per heavy atom. The summed E-state index contributed by atoms with van der Waals surface area (Å²) in [4.78, 5) is 16.1. The molecule has 19 heavy (non-hydrogen) atoms. The van der Waals surface area contributed by atoms with E-state index < -0.39 is 5.97 Å². The van der Waals surface area contributed by atoms with Crippen LogP contribution in [0.15, 0.2) is 59.6 Å². The standard InChI is InChI=1S/C15H12ClNO2/c1-19-15(18)14(11-5-3-2-4-6-11)17-13-9-7-12(16)8-10-13/h2-10H,1H3. The summed E-state index contributed by atoms with van der Waals surface area (Å²) in [5, 5.41) is 0.623. The van der Waals surface area contributed by atoms with Gasteiger partial charge in [0.2, 0.25) is 0 Å². The van der Waals surface area contributed by atoms with Crippen molar-refractivity contribution < 1.29 is 9.53 Å². The number of nitrogens with zero attached hydrogens (tertiary/aromatic N) is 1. The van der Waals surface area contributed by atoms with Gasteiger partial charge in [-0.3, -0.25) is 0 Å². The van der Waals surface area contributed by atoms with Crippen LogP contribution in [0.2, 0.25) is 5.02 Å². The summed E-state index contributed by atoms with van der Waals surface area (Å²) in [6, 6.07) is 16.1. The van der Waals surface area contributed by atoms with Crippen molar-refractivity contribution in [2.24, 2.45) is 4.99 Å². The molecular weight excluding hydrogens is 262 g/mol. The molecule has 4 heteroatoms. The molecular formula is C15H12ClNO2. The molecule has 0 atom stereocenters. The third-order valence-electron chi connectivity index (χ3n) is 2.49. The number of carbonyl (C=O) groups is 1. The van der Waals surface area contributed by atoms with E-state index in [2.05, 4.69) is 4.99 Å². The van der Waals surface area contributed by atoms with Crippen LogP contribution in [-0.4, -0.2) is 18.8 Å². The molecule has 0 saturated heterocycles. The molecule has 0 saturated carbocycles. The first-order valence-electron chi connectivity index (χ1n) is 5.68. The van der Waals surface area contributed by atoms with E-state index in [9.17, 15) is 4.79 Å². The molecule has 0 fully saturated rings. The van der Waals surface area contributed by atoms with E-state index in [0.717, 1.165) is 0 Å². The minimum Gasteiger partial charge on any atom is -0.464 e. The van der Waals surface area contributed by atoms with Gasteiger partial charge in [-0.15, -0.1) is 0 Å². The lowest BCUT2D eigenvalue weighted by Gasteiger charge is -2.04. The minimum atomic E-state index is -0.471. The van der Waals surface area contributed by atoms with Gasteiger partial charge in [-0.05, 0) is 24.3 Å². The smallest absolute Gasteiger partial charge is 0.357 e. The summed E-state index contributed by atoms with van der Waals surface area (Å²) in [5.74, 6) is -0.471. The average Bonchev–Trinajstić information content (AvgIpc) is 2.47. The SMILES string of the molecule is COC(=O)C(=Nc1ccc(Cl)cc1)c1ccccc1. The molecule has 0 spiro atoms. The lowest BCUT2D eigenvalue weighted by atomic mass is 10.1. The van der Waals surface area contributed by atoms with Crippen LogP contribution in [0.5, 0.6) is 0 Å². The van der Waals surface area contributed by atoms with Crippen LogP contribution in [-0.2, 0) is 9.53 Å². The molecule has 3 nitrogen and oxygen atoms in total. The number of hydrogen-bond acceptors (Lipinski definition) is 3. The van der Waals surface area contributed by atoms with Crippen LogP contribution in [0.1, 0.15) is 5.56 Å². The lowest BCUT2D eigenvalue weighted by molar-refractivity contribution is -0.132. The summed E-state index contributed by atoms with van der Waals surface area (Å²) < 4.78 is 4.77. The fourth-order valence-corrected chi connectivity index (χ4v) is 1.69. The van der Waals surface area contributed by atoms with E-state index in [1.54, 1.807) is 24.3 Å². The van der Waals surface area contributed by atoms with E-state index in [4.69, 9.17) is 16.3 Å². The number of carbonyl (C=O) groups excluding carboxylic acids is 1. The molecule has 0 aliphatic rings. The quantitative estimate of drug-likeness (QED) is 0.633. The Kier molecular flexibility index (Phi) is 4.31. The van der Waals surface area contributed by atoms with E-state index in [0.29, 0.717) is 16.3 Å². The Morgan fingerprint density at radius 1 is 1.05 bits per heavy atom. The summed E-state index contributed by atoms with van der Waals surface area (Å²) in [6.45, 7) is 0. The fraction of sp³-hybridized carbons (Fsp3) is 0.0667. The van der Waals surface area contributed by atoms with Crippen molar-refractivity contribution in [3.05, 3.63) is 65.2 Å². The van der Waals surface area contributed by atoms with Crippen molar-refractivity contribution in [3.63, 3.8) is 0 Å². The zero-order valence-electron chi connectivity index (χ0n) is 10.3. The minimum absolute atomic E-state index is 0.269. The summed E-state index contributed by atoms with van der Waals surface area (Å²) in [5.41, 5.74) is 1.63. The van der Waals surface area contributed by atoms with Crippen LogP contribution < -0.4 is 0 Å². The predicted octanol–water partition coefficient (Wildman–Crippen LogP) is 3.63.